The van der Waals surface area contributed by atoms with Crippen molar-refractivity contribution in [3.05, 3.63) is 42.1 Å². The van der Waals surface area contributed by atoms with Crippen LogP contribution in [-0.4, -0.2) is 71.3 Å². The SMILES string of the molecule is CCCC(C)OC(=O)Nc1ccc(-c2nc([C@H]3CCN(C(=O)COC)C3)n3ccnc(C)c23)cc1OC. The molecule has 1 fully saturated rings. The van der Waals surface area contributed by atoms with Crippen LogP contribution in [0.15, 0.2) is 30.6 Å². The molecule has 37 heavy (non-hydrogen) atoms. The molecule has 1 saturated heterocycles. The number of carbonyl (C=O) groups is 2. The number of methoxy groups -OCH3 is 2. The Morgan fingerprint density at radius 1 is 1.27 bits per heavy atom. The Kier molecular flexibility index (Phi) is 8.27. The minimum Gasteiger partial charge on any atom is -0.495 e. The summed E-state index contributed by atoms with van der Waals surface area (Å²) in [4.78, 5) is 36.1. The molecular weight excluding hydrogens is 474 g/mol. The zero-order valence-electron chi connectivity index (χ0n) is 22.1. The predicted octanol–water partition coefficient (Wildman–Crippen LogP) is 4.41. The van der Waals surface area contributed by atoms with Gasteiger partial charge in [-0.1, -0.05) is 19.4 Å². The summed E-state index contributed by atoms with van der Waals surface area (Å²) in [7, 11) is 3.09. The number of carbonyl (C=O) groups excluding carboxylic acids is 2. The van der Waals surface area contributed by atoms with E-state index < -0.39 is 6.09 Å². The molecule has 198 valence electrons. The molecule has 0 spiro atoms. The highest BCUT2D eigenvalue weighted by Crippen LogP contribution is 2.36. The van der Waals surface area contributed by atoms with Crippen molar-refractivity contribution in [2.75, 3.05) is 39.2 Å². The number of fused-ring (bicyclic) bond motifs is 1. The van der Waals surface area contributed by atoms with Crippen molar-refractivity contribution in [3.63, 3.8) is 0 Å². The second kappa shape index (κ2) is 11.6. The Labute approximate surface area is 216 Å². The van der Waals surface area contributed by atoms with Crippen molar-refractivity contribution in [2.45, 2.75) is 52.1 Å². The molecule has 10 heteroatoms. The van der Waals surface area contributed by atoms with E-state index in [0.717, 1.165) is 47.6 Å². The summed E-state index contributed by atoms with van der Waals surface area (Å²) in [6.07, 6.45) is 5.54. The molecule has 2 aromatic heterocycles. The number of imidazole rings is 1. The summed E-state index contributed by atoms with van der Waals surface area (Å²) >= 11 is 0. The van der Waals surface area contributed by atoms with Gasteiger partial charge < -0.3 is 19.1 Å². The van der Waals surface area contributed by atoms with Gasteiger partial charge in [-0.05, 0) is 38.8 Å². The molecule has 1 N–H and O–H groups in total. The second-order valence-electron chi connectivity index (χ2n) is 9.35. The topological polar surface area (TPSA) is 107 Å². The molecule has 0 saturated carbocycles. The van der Waals surface area contributed by atoms with Crippen LogP contribution in [0.2, 0.25) is 0 Å². The molecule has 1 aromatic carbocycles. The van der Waals surface area contributed by atoms with Crippen LogP contribution in [-0.2, 0) is 14.3 Å². The third-order valence-corrected chi connectivity index (χ3v) is 6.65. The van der Waals surface area contributed by atoms with Crippen LogP contribution in [0.1, 0.15) is 50.5 Å². The van der Waals surface area contributed by atoms with Crippen LogP contribution in [0.3, 0.4) is 0 Å². The van der Waals surface area contributed by atoms with Crippen molar-refractivity contribution in [1.29, 1.82) is 0 Å². The number of likely N-dealkylation sites (tertiary alicyclic amines) is 1. The lowest BCUT2D eigenvalue weighted by molar-refractivity contribution is -0.134. The maximum Gasteiger partial charge on any atom is 0.412 e. The normalized spacial score (nSPS) is 16.1. The smallest absolute Gasteiger partial charge is 0.412 e. The van der Waals surface area contributed by atoms with Crippen molar-refractivity contribution in [1.82, 2.24) is 19.3 Å². The minimum atomic E-state index is -0.518. The average Bonchev–Trinajstić information content (AvgIpc) is 3.50. The molecule has 1 unspecified atom stereocenters. The van der Waals surface area contributed by atoms with Gasteiger partial charge in [-0.3, -0.25) is 19.5 Å². The molecule has 4 rings (SSSR count). The van der Waals surface area contributed by atoms with Gasteiger partial charge in [0, 0.05) is 44.1 Å². The highest BCUT2D eigenvalue weighted by atomic mass is 16.6. The molecule has 1 aliphatic heterocycles. The number of hydrogen-bond acceptors (Lipinski definition) is 7. The predicted molar refractivity (Wildman–Crippen MR) is 140 cm³/mol. The first-order valence-corrected chi connectivity index (χ1v) is 12.6. The van der Waals surface area contributed by atoms with Gasteiger partial charge in [-0.15, -0.1) is 0 Å². The number of aromatic nitrogens is 3. The molecule has 10 nitrogen and oxygen atoms in total. The molecule has 3 heterocycles. The zero-order chi connectivity index (χ0) is 26.5. The van der Waals surface area contributed by atoms with E-state index in [9.17, 15) is 9.59 Å². The van der Waals surface area contributed by atoms with E-state index >= 15 is 0 Å². The number of nitrogens with one attached hydrogen (secondary N) is 1. The van der Waals surface area contributed by atoms with Crippen LogP contribution >= 0.6 is 0 Å². The van der Waals surface area contributed by atoms with Crippen molar-refractivity contribution >= 4 is 23.2 Å². The lowest BCUT2D eigenvalue weighted by Crippen LogP contribution is -2.31. The fraction of sp³-hybridized carbons (Fsp3) is 0.481. The average molecular weight is 510 g/mol. The fourth-order valence-corrected chi connectivity index (χ4v) is 4.85. The quantitative estimate of drug-likeness (QED) is 0.455. The van der Waals surface area contributed by atoms with Gasteiger partial charge in [0.2, 0.25) is 5.91 Å². The van der Waals surface area contributed by atoms with E-state index in [4.69, 9.17) is 19.2 Å². The molecule has 0 aliphatic carbocycles. The minimum absolute atomic E-state index is 0.0145. The van der Waals surface area contributed by atoms with E-state index in [0.29, 0.717) is 24.5 Å². The lowest BCUT2D eigenvalue weighted by Gasteiger charge is -2.15. The first-order valence-electron chi connectivity index (χ1n) is 12.6. The maximum atomic E-state index is 12.4. The Hall–Kier alpha value is -3.66. The Bertz CT molecular complexity index is 1270. The van der Waals surface area contributed by atoms with E-state index in [1.165, 1.54) is 7.11 Å². The molecule has 2 atom stereocenters. The van der Waals surface area contributed by atoms with Gasteiger partial charge in [-0.25, -0.2) is 9.78 Å². The number of anilines is 1. The van der Waals surface area contributed by atoms with Crippen molar-refractivity contribution in [3.8, 4) is 17.0 Å². The van der Waals surface area contributed by atoms with Crippen molar-refractivity contribution in [2.24, 2.45) is 0 Å². The number of nitrogens with zero attached hydrogens (tertiary/aromatic N) is 4. The van der Waals surface area contributed by atoms with Crippen molar-refractivity contribution < 1.29 is 23.8 Å². The Morgan fingerprint density at radius 2 is 2.08 bits per heavy atom. The summed E-state index contributed by atoms with van der Waals surface area (Å²) in [5, 5.41) is 2.78. The number of benzene rings is 1. The lowest BCUT2D eigenvalue weighted by atomic mass is 10.1. The van der Waals surface area contributed by atoms with Crippen LogP contribution < -0.4 is 10.1 Å². The third kappa shape index (κ3) is 5.69. The van der Waals surface area contributed by atoms with E-state index in [1.54, 1.807) is 19.4 Å². The number of hydrogen-bond donors (Lipinski definition) is 1. The van der Waals surface area contributed by atoms with Gasteiger partial charge in [0.1, 0.15) is 24.3 Å². The van der Waals surface area contributed by atoms with Gasteiger partial charge in [0.15, 0.2) is 0 Å². The van der Waals surface area contributed by atoms with Crippen LogP contribution in [0.25, 0.3) is 16.8 Å². The number of aryl methyl sites for hydroxylation is 1. The first kappa shape index (κ1) is 26.4. The Morgan fingerprint density at radius 3 is 2.81 bits per heavy atom. The Balaban J connectivity index is 1.65. The highest BCUT2D eigenvalue weighted by molar-refractivity contribution is 5.89. The summed E-state index contributed by atoms with van der Waals surface area (Å²) in [5.41, 5.74) is 3.86. The van der Waals surface area contributed by atoms with Gasteiger partial charge >= 0.3 is 6.09 Å². The zero-order valence-corrected chi connectivity index (χ0v) is 22.1. The molecule has 1 aliphatic rings. The number of ether oxygens (including phenoxy) is 3. The molecule has 0 bridgehead atoms. The van der Waals surface area contributed by atoms with E-state index in [2.05, 4.69) is 14.7 Å². The maximum absolute atomic E-state index is 12.4. The fourth-order valence-electron chi connectivity index (χ4n) is 4.85. The van der Waals surface area contributed by atoms with Crippen LogP contribution in [0.4, 0.5) is 10.5 Å². The van der Waals surface area contributed by atoms with E-state index in [1.807, 2.05) is 44.0 Å². The largest absolute Gasteiger partial charge is 0.495 e. The summed E-state index contributed by atoms with van der Waals surface area (Å²) in [6.45, 7) is 7.21. The first-order chi connectivity index (χ1) is 17.9. The number of rotatable bonds is 9. The van der Waals surface area contributed by atoms with Crippen LogP contribution in [0, 0.1) is 6.92 Å². The summed E-state index contributed by atoms with van der Waals surface area (Å²) in [5.74, 6) is 1.46. The molecular formula is C27H35N5O5. The monoisotopic (exact) mass is 509 g/mol. The van der Waals surface area contributed by atoms with E-state index in [-0.39, 0.29) is 24.5 Å². The summed E-state index contributed by atoms with van der Waals surface area (Å²) < 4.78 is 18.1. The second-order valence-corrected chi connectivity index (χ2v) is 9.35. The van der Waals surface area contributed by atoms with Gasteiger partial charge in [0.25, 0.3) is 0 Å². The molecule has 3 aromatic rings. The van der Waals surface area contributed by atoms with Crippen LogP contribution in [0.5, 0.6) is 5.75 Å². The molecule has 0 radical (unpaired) electrons. The number of amides is 2. The highest BCUT2D eigenvalue weighted by Gasteiger charge is 2.31. The van der Waals surface area contributed by atoms with Gasteiger partial charge in [-0.2, -0.15) is 0 Å². The molecule has 2 amide bonds. The van der Waals surface area contributed by atoms with Gasteiger partial charge in [0.05, 0.1) is 29.7 Å². The third-order valence-electron chi connectivity index (χ3n) is 6.65. The summed E-state index contributed by atoms with van der Waals surface area (Å²) in [6, 6.07) is 5.54. The standard InChI is InChI=1S/C27H35N5O5/c1-6-7-17(2)37-27(34)29-21-9-8-19(14-22(21)36-5)24-25-18(3)28-11-13-32(25)26(30-24)20-10-12-31(15-20)23(33)16-35-4/h8-9,11,13-14,17,20H,6-7,10,12,15-16H2,1-5H3,(H,29,34)/t17?,20-/m0/s1.